The number of rotatable bonds is 5. The maximum atomic E-state index is 14.1. The van der Waals surface area contributed by atoms with E-state index in [2.05, 4.69) is 21.2 Å². The number of ether oxygens (including phenoxy) is 1. The first-order valence-corrected chi connectivity index (χ1v) is 13.8. The van der Waals surface area contributed by atoms with E-state index < -0.39 is 0 Å². The highest BCUT2D eigenvalue weighted by atomic mass is 79.9. The van der Waals surface area contributed by atoms with E-state index in [4.69, 9.17) is 21.3 Å². The lowest BCUT2D eigenvalue weighted by Crippen LogP contribution is -2.44. The molecule has 194 valence electrons. The van der Waals surface area contributed by atoms with Crippen LogP contribution in [-0.2, 0) is 9.53 Å². The molecule has 1 saturated carbocycles. The Labute approximate surface area is 235 Å². The van der Waals surface area contributed by atoms with Crippen LogP contribution in [0.15, 0.2) is 77.3 Å². The zero-order valence-corrected chi connectivity index (χ0v) is 23.6. The molecule has 0 bridgehead atoms. The van der Waals surface area contributed by atoms with Crippen LogP contribution >= 0.6 is 27.5 Å². The van der Waals surface area contributed by atoms with E-state index in [0.29, 0.717) is 29.8 Å². The number of hydrogen-bond acceptors (Lipinski definition) is 4. The molecule has 38 heavy (non-hydrogen) atoms. The van der Waals surface area contributed by atoms with E-state index in [1.807, 2.05) is 79.7 Å². The van der Waals surface area contributed by atoms with Gasteiger partial charge in [-0.2, -0.15) is 0 Å². The standard InChI is InChI=1S/C31H28BrClN2O3/c1-18-28(24-17-21(32)13-15-27(24)34-29(18)19-8-4-3-5-9-19)30(36)35-26-14-12-20(31(37)38-2)16-23(26)22-10-6-7-11-25(22)33/h3-11,13,15,17,20,23,26H,12,14,16H2,1-2H3,(H,35,36). The van der Waals surface area contributed by atoms with Gasteiger partial charge in [-0.1, -0.05) is 76.1 Å². The lowest BCUT2D eigenvalue weighted by Gasteiger charge is -2.36. The van der Waals surface area contributed by atoms with Crippen LogP contribution in [0.2, 0.25) is 5.02 Å². The van der Waals surface area contributed by atoms with Crippen molar-refractivity contribution in [2.45, 2.75) is 38.1 Å². The molecule has 4 aromatic rings. The third kappa shape index (κ3) is 5.20. The Balaban J connectivity index is 1.56. The summed E-state index contributed by atoms with van der Waals surface area (Å²) in [7, 11) is 1.42. The molecule has 1 aliphatic carbocycles. The summed E-state index contributed by atoms with van der Waals surface area (Å²) in [6.45, 7) is 1.95. The molecule has 1 aliphatic rings. The molecule has 0 radical (unpaired) electrons. The van der Waals surface area contributed by atoms with Crippen molar-refractivity contribution in [3.05, 3.63) is 99.0 Å². The Hall–Kier alpha value is -3.22. The van der Waals surface area contributed by atoms with Gasteiger partial charge in [0.2, 0.25) is 0 Å². The molecule has 7 heteroatoms. The second kappa shape index (κ2) is 11.3. The number of fused-ring (bicyclic) bond motifs is 1. The van der Waals surface area contributed by atoms with Gasteiger partial charge in [-0.15, -0.1) is 0 Å². The number of carbonyl (C=O) groups is 2. The van der Waals surface area contributed by atoms with Gasteiger partial charge in [0.1, 0.15) is 0 Å². The Bertz CT molecular complexity index is 1510. The van der Waals surface area contributed by atoms with Gasteiger partial charge in [-0.25, -0.2) is 4.98 Å². The van der Waals surface area contributed by atoms with Crippen molar-refractivity contribution in [2.75, 3.05) is 7.11 Å². The fraction of sp³-hybridized carbons (Fsp3) is 0.258. The van der Waals surface area contributed by atoms with Crippen LogP contribution in [0.3, 0.4) is 0 Å². The zero-order chi connectivity index (χ0) is 26.8. The first-order chi connectivity index (χ1) is 18.4. The first kappa shape index (κ1) is 26.4. The van der Waals surface area contributed by atoms with E-state index in [1.165, 1.54) is 7.11 Å². The summed E-state index contributed by atoms with van der Waals surface area (Å²) in [4.78, 5) is 31.4. The van der Waals surface area contributed by atoms with Crippen LogP contribution < -0.4 is 5.32 Å². The van der Waals surface area contributed by atoms with Crippen molar-refractivity contribution in [1.29, 1.82) is 0 Å². The number of hydrogen-bond donors (Lipinski definition) is 1. The van der Waals surface area contributed by atoms with Crippen LogP contribution in [0.25, 0.3) is 22.2 Å². The minimum Gasteiger partial charge on any atom is -0.469 e. The number of carbonyl (C=O) groups excluding carboxylic acids is 2. The summed E-state index contributed by atoms with van der Waals surface area (Å²) in [6.07, 6.45) is 1.83. The minimum atomic E-state index is -0.237. The number of benzene rings is 3. The maximum Gasteiger partial charge on any atom is 0.308 e. The van der Waals surface area contributed by atoms with Crippen LogP contribution in [0.4, 0.5) is 0 Å². The van der Waals surface area contributed by atoms with Crippen LogP contribution in [-0.4, -0.2) is 30.0 Å². The fourth-order valence-electron chi connectivity index (χ4n) is 5.58. The first-order valence-electron chi connectivity index (χ1n) is 12.7. The average molecular weight is 592 g/mol. The van der Waals surface area contributed by atoms with Crippen LogP contribution in [0.1, 0.15) is 46.7 Å². The van der Waals surface area contributed by atoms with Crippen molar-refractivity contribution in [3.8, 4) is 11.3 Å². The molecule has 1 heterocycles. The number of nitrogens with zero attached hydrogens (tertiary/aromatic N) is 1. The average Bonchev–Trinajstić information content (AvgIpc) is 2.93. The van der Waals surface area contributed by atoms with Gasteiger partial charge in [0, 0.05) is 32.4 Å². The Morgan fingerprint density at radius 1 is 1.03 bits per heavy atom. The van der Waals surface area contributed by atoms with Gasteiger partial charge in [0.05, 0.1) is 29.8 Å². The second-order valence-corrected chi connectivity index (χ2v) is 11.1. The van der Waals surface area contributed by atoms with Gasteiger partial charge in [-0.05, 0) is 61.6 Å². The predicted molar refractivity (Wildman–Crippen MR) is 154 cm³/mol. The monoisotopic (exact) mass is 590 g/mol. The molecule has 0 saturated heterocycles. The number of aromatic nitrogens is 1. The molecule has 0 aliphatic heterocycles. The number of pyridine rings is 1. The topological polar surface area (TPSA) is 68.3 Å². The van der Waals surface area contributed by atoms with Crippen LogP contribution in [0, 0.1) is 12.8 Å². The number of nitrogens with one attached hydrogen (secondary N) is 1. The largest absolute Gasteiger partial charge is 0.469 e. The van der Waals surface area contributed by atoms with E-state index in [-0.39, 0.29) is 29.8 Å². The Kier molecular flexibility index (Phi) is 7.82. The molecule has 1 aromatic heterocycles. The highest BCUT2D eigenvalue weighted by Crippen LogP contribution is 2.40. The molecule has 1 fully saturated rings. The third-order valence-corrected chi connectivity index (χ3v) is 8.31. The summed E-state index contributed by atoms with van der Waals surface area (Å²) >= 11 is 10.2. The van der Waals surface area contributed by atoms with Gasteiger partial charge in [0.15, 0.2) is 0 Å². The summed E-state index contributed by atoms with van der Waals surface area (Å²) in [6, 6.07) is 23.2. The van der Waals surface area contributed by atoms with Crippen molar-refractivity contribution in [3.63, 3.8) is 0 Å². The fourth-order valence-corrected chi connectivity index (χ4v) is 6.22. The maximum absolute atomic E-state index is 14.1. The lowest BCUT2D eigenvalue weighted by atomic mass is 9.74. The number of amides is 1. The number of halogens is 2. The molecular weight excluding hydrogens is 564 g/mol. The lowest BCUT2D eigenvalue weighted by molar-refractivity contribution is -0.146. The molecule has 3 atom stereocenters. The van der Waals surface area contributed by atoms with Gasteiger partial charge in [0.25, 0.3) is 5.91 Å². The molecule has 1 amide bonds. The van der Waals surface area contributed by atoms with E-state index >= 15 is 0 Å². The normalized spacial score (nSPS) is 19.2. The Morgan fingerprint density at radius 3 is 2.50 bits per heavy atom. The molecule has 3 unspecified atom stereocenters. The van der Waals surface area contributed by atoms with Crippen molar-refractivity contribution in [1.82, 2.24) is 10.3 Å². The van der Waals surface area contributed by atoms with Crippen molar-refractivity contribution >= 4 is 50.3 Å². The summed E-state index contributed by atoms with van der Waals surface area (Å²) in [5.41, 5.74) is 4.83. The van der Waals surface area contributed by atoms with Gasteiger partial charge < -0.3 is 10.1 Å². The van der Waals surface area contributed by atoms with Gasteiger partial charge in [-0.3, -0.25) is 9.59 Å². The minimum absolute atomic E-state index is 0.126. The smallest absolute Gasteiger partial charge is 0.308 e. The zero-order valence-electron chi connectivity index (χ0n) is 21.2. The molecular formula is C31H28BrClN2O3. The summed E-state index contributed by atoms with van der Waals surface area (Å²) in [5.74, 6) is -0.748. The Morgan fingerprint density at radius 2 is 1.76 bits per heavy atom. The van der Waals surface area contributed by atoms with Gasteiger partial charge >= 0.3 is 5.97 Å². The number of esters is 1. The summed E-state index contributed by atoms with van der Waals surface area (Å²) in [5, 5.41) is 4.74. The van der Waals surface area contributed by atoms with E-state index in [1.54, 1.807) is 0 Å². The second-order valence-electron chi connectivity index (χ2n) is 9.73. The van der Waals surface area contributed by atoms with Crippen molar-refractivity contribution < 1.29 is 14.3 Å². The molecule has 0 spiro atoms. The predicted octanol–water partition coefficient (Wildman–Crippen LogP) is 7.48. The molecule has 3 aromatic carbocycles. The quantitative estimate of drug-likeness (QED) is 0.244. The SMILES string of the molecule is COC(=O)C1CCC(NC(=O)c2c(C)c(-c3ccccc3)nc3ccc(Br)cc23)C(c2ccccc2Cl)C1. The molecule has 1 N–H and O–H groups in total. The highest BCUT2D eigenvalue weighted by Gasteiger charge is 2.37. The van der Waals surface area contributed by atoms with Crippen LogP contribution in [0.5, 0.6) is 0 Å². The third-order valence-electron chi connectivity index (χ3n) is 7.47. The van der Waals surface area contributed by atoms with E-state index in [9.17, 15) is 9.59 Å². The number of methoxy groups -OCH3 is 1. The highest BCUT2D eigenvalue weighted by molar-refractivity contribution is 9.10. The molecule has 5 rings (SSSR count). The summed E-state index contributed by atoms with van der Waals surface area (Å²) < 4.78 is 5.92. The molecule has 5 nitrogen and oxygen atoms in total. The van der Waals surface area contributed by atoms with E-state index in [0.717, 1.165) is 37.8 Å². The van der Waals surface area contributed by atoms with Crippen molar-refractivity contribution in [2.24, 2.45) is 5.92 Å².